The normalized spacial score (nSPS) is 19.5. The van der Waals surface area contributed by atoms with Crippen LogP contribution in [0.5, 0.6) is 0 Å². The van der Waals surface area contributed by atoms with Gasteiger partial charge in [-0.2, -0.15) is 0 Å². The van der Waals surface area contributed by atoms with E-state index in [4.69, 9.17) is 20.5 Å². The van der Waals surface area contributed by atoms with Gasteiger partial charge in [0, 0.05) is 13.1 Å². The van der Waals surface area contributed by atoms with E-state index in [2.05, 4.69) is 0 Å². The summed E-state index contributed by atoms with van der Waals surface area (Å²) >= 11 is 0. The van der Waals surface area contributed by atoms with E-state index in [0.717, 1.165) is 19.3 Å². The Morgan fingerprint density at radius 1 is 1.00 bits per heavy atom. The lowest BCUT2D eigenvalue weighted by atomic mass is 10.2. The minimum Gasteiger partial charge on any atom is -0.329 e. The Morgan fingerprint density at radius 3 is 1.85 bits per heavy atom. The molecule has 0 atom stereocenters. The van der Waals surface area contributed by atoms with Crippen LogP contribution in [0.3, 0.4) is 0 Å². The van der Waals surface area contributed by atoms with E-state index in [9.17, 15) is 4.57 Å². The van der Waals surface area contributed by atoms with Gasteiger partial charge in [0.2, 0.25) is 0 Å². The molecule has 1 heterocycles. The van der Waals surface area contributed by atoms with Gasteiger partial charge in [0.15, 0.2) is 0 Å². The second kappa shape index (κ2) is 10.2. The van der Waals surface area contributed by atoms with Gasteiger partial charge in [-0.25, -0.2) is 0 Å². The summed E-state index contributed by atoms with van der Waals surface area (Å²) in [5.41, 5.74) is 9.81. The van der Waals surface area contributed by atoms with Gasteiger partial charge in [-0.3, -0.25) is 4.57 Å². The second-order valence-electron chi connectivity index (χ2n) is 2.58. The van der Waals surface area contributed by atoms with Gasteiger partial charge in [-0.05, 0) is 19.3 Å². The molecule has 80 valence electrons. The Balaban J connectivity index is 0.000000310. The van der Waals surface area contributed by atoms with Crippen molar-refractivity contribution in [2.45, 2.75) is 19.3 Å². The molecule has 1 fully saturated rings. The Kier molecular flexibility index (Phi) is 10.2. The standard InChI is InChI=1S/C5H11O3P.C2H8N2/c6-9-7-4-2-1-3-5-8-9;3-1-2-4/h9H,1-5H2;1-4H2. The lowest BCUT2D eigenvalue weighted by Crippen LogP contribution is -2.11. The number of hydrogen-bond donors (Lipinski definition) is 2. The van der Waals surface area contributed by atoms with E-state index in [1.807, 2.05) is 0 Å². The fourth-order valence-electron chi connectivity index (χ4n) is 0.734. The highest BCUT2D eigenvalue weighted by Gasteiger charge is 2.02. The molecule has 0 aromatic heterocycles. The molecule has 0 aromatic carbocycles. The van der Waals surface area contributed by atoms with Crippen LogP contribution in [0.4, 0.5) is 0 Å². The first-order valence-electron chi connectivity index (χ1n) is 4.51. The van der Waals surface area contributed by atoms with Crippen LogP contribution in [0.25, 0.3) is 0 Å². The van der Waals surface area contributed by atoms with Gasteiger partial charge in [0.05, 0.1) is 13.2 Å². The summed E-state index contributed by atoms with van der Waals surface area (Å²) in [5, 5.41) is 0. The van der Waals surface area contributed by atoms with Gasteiger partial charge in [-0.1, -0.05) is 0 Å². The molecule has 0 amide bonds. The van der Waals surface area contributed by atoms with Crippen molar-refractivity contribution in [3.63, 3.8) is 0 Å². The minimum atomic E-state index is -2.10. The third-order valence-electron chi connectivity index (χ3n) is 1.40. The van der Waals surface area contributed by atoms with Crippen LogP contribution in [0, 0.1) is 0 Å². The molecule has 0 unspecified atom stereocenters. The average Bonchev–Trinajstić information content (AvgIpc) is 2.12. The second-order valence-corrected chi connectivity index (χ2v) is 3.66. The molecular weight excluding hydrogens is 191 g/mol. The zero-order valence-electron chi connectivity index (χ0n) is 7.83. The molecule has 1 aliphatic rings. The van der Waals surface area contributed by atoms with Crippen LogP contribution in [-0.2, 0) is 13.6 Å². The van der Waals surface area contributed by atoms with E-state index in [1.165, 1.54) is 0 Å². The highest BCUT2D eigenvalue weighted by Crippen LogP contribution is 2.26. The Hall–Kier alpha value is 0.0700. The first kappa shape index (κ1) is 13.1. The Bertz CT molecular complexity index is 123. The third kappa shape index (κ3) is 9.99. The van der Waals surface area contributed by atoms with Gasteiger partial charge < -0.3 is 20.5 Å². The van der Waals surface area contributed by atoms with Crippen LogP contribution in [0.1, 0.15) is 19.3 Å². The lowest BCUT2D eigenvalue weighted by Gasteiger charge is -2.08. The van der Waals surface area contributed by atoms with Crippen molar-refractivity contribution in [1.29, 1.82) is 0 Å². The fourth-order valence-corrected chi connectivity index (χ4v) is 1.44. The van der Waals surface area contributed by atoms with Crippen LogP contribution >= 0.6 is 8.25 Å². The third-order valence-corrected chi connectivity index (χ3v) is 2.27. The Labute approximate surface area is 79.7 Å². The van der Waals surface area contributed by atoms with E-state index in [0.29, 0.717) is 26.3 Å². The maximum absolute atomic E-state index is 10.6. The van der Waals surface area contributed by atoms with Crippen LogP contribution in [0.2, 0.25) is 0 Å². The largest absolute Gasteiger partial charge is 0.329 e. The SMILES string of the molecule is NCCN.O=[PH]1OCCCCCO1. The molecule has 1 aliphatic heterocycles. The quantitative estimate of drug-likeness (QED) is 0.615. The summed E-state index contributed by atoms with van der Waals surface area (Å²) in [4.78, 5) is 0. The molecule has 0 spiro atoms. The summed E-state index contributed by atoms with van der Waals surface area (Å²) < 4.78 is 20.2. The lowest BCUT2D eigenvalue weighted by molar-refractivity contribution is 0.198. The van der Waals surface area contributed by atoms with Crippen molar-refractivity contribution >= 4 is 8.25 Å². The first-order chi connectivity index (χ1) is 6.31. The van der Waals surface area contributed by atoms with Gasteiger partial charge in [0.25, 0.3) is 0 Å². The molecule has 0 bridgehead atoms. The molecule has 4 N–H and O–H groups in total. The van der Waals surface area contributed by atoms with Gasteiger partial charge in [0.1, 0.15) is 0 Å². The minimum absolute atomic E-state index is 0.595. The molecule has 1 rings (SSSR count). The van der Waals surface area contributed by atoms with Gasteiger partial charge >= 0.3 is 8.25 Å². The zero-order chi connectivity index (χ0) is 9.94. The van der Waals surface area contributed by atoms with Crippen LogP contribution in [-0.4, -0.2) is 26.3 Å². The van der Waals surface area contributed by atoms with Crippen molar-refractivity contribution in [1.82, 2.24) is 0 Å². The molecule has 1 saturated heterocycles. The monoisotopic (exact) mass is 210 g/mol. The molecule has 6 heteroatoms. The molecule has 0 aliphatic carbocycles. The maximum Gasteiger partial charge on any atom is 0.319 e. The summed E-state index contributed by atoms with van der Waals surface area (Å²) in [7, 11) is -2.10. The smallest absolute Gasteiger partial charge is 0.319 e. The Morgan fingerprint density at radius 2 is 1.46 bits per heavy atom. The number of rotatable bonds is 1. The topological polar surface area (TPSA) is 87.6 Å². The predicted octanol–water partition coefficient (Wildman–Crippen LogP) is 0.497. The van der Waals surface area contributed by atoms with E-state index in [-0.39, 0.29) is 0 Å². The van der Waals surface area contributed by atoms with E-state index >= 15 is 0 Å². The van der Waals surface area contributed by atoms with Crippen LogP contribution in [0.15, 0.2) is 0 Å². The van der Waals surface area contributed by atoms with Crippen molar-refractivity contribution in [3.8, 4) is 0 Å². The molecule has 0 saturated carbocycles. The van der Waals surface area contributed by atoms with Gasteiger partial charge in [-0.15, -0.1) is 0 Å². The summed E-state index contributed by atoms with van der Waals surface area (Å²) in [6, 6.07) is 0. The molecule has 13 heavy (non-hydrogen) atoms. The predicted molar refractivity (Wildman–Crippen MR) is 52.9 cm³/mol. The molecule has 0 radical (unpaired) electrons. The van der Waals surface area contributed by atoms with Crippen LogP contribution < -0.4 is 11.5 Å². The molecular formula is C7H19N2O3P. The van der Waals surface area contributed by atoms with E-state index < -0.39 is 8.25 Å². The van der Waals surface area contributed by atoms with E-state index in [1.54, 1.807) is 0 Å². The van der Waals surface area contributed by atoms with Crippen molar-refractivity contribution in [2.75, 3.05) is 26.3 Å². The zero-order valence-corrected chi connectivity index (χ0v) is 8.83. The summed E-state index contributed by atoms with van der Waals surface area (Å²) in [5.74, 6) is 0. The maximum atomic E-state index is 10.6. The number of hydrogen-bond acceptors (Lipinski definition) is 5. The summed E-state index contributed by atoms with van der Waals surface area (Å²) in [6.45, 7) is 2.38. The summed E-state index contributed by atoms with van der Waals surface area (Å²) in [6.07, 6.45) is 3.15. The average molecular weight is 210 g/mol. The van der Waals surface area contributed by atoms with Crippen molar-refractivity contribution in [3.05, 3.63) is 0 Å². The van der Waals surface area contributed by atoms with Crippen molar-refractivity contribution < 1.29 is 13.6 Å². The highest BCUT2D eigenvalue weighted by atomic mass is 31.1. The van der Waals surface area contributed by atoms with Crippen molar-refractivity contribution in [2.24, 2.45) is 11.5 Å². The molecule has 0 aromatic rings. The first-order valence-corrected chi connectivity index (χ1v) is 5.73. The fraction of sp³-hybridized carbons (Fsp3) is 1.00. The number of nitrogens with two attached hydrogens (primary N) is 2. The molecule has 5 nitrogen and oxygen atoms in total. The highest BCUT2D eigenvalue weighted by molar-refractivity contribution is 7.33.